The number of carboxylic acid groups (broad SMARTS) is 1. The number of carbonyl (C=O) groups is 2. The van der Waals surface area contributed by atoms with Crippen LogP contribution in [0.5, 0.6) is 11.5 Å². The molecule has 3 rings (SSSR count). The van der Waals surface area contributed by atoms with E-state index in [9.17, 15) is 14.7 Å². The summed E-state index contributed by atoms with van der Waals surface area (Å²) in [5, 5.41) is 19.5. The van der Waals surface area contributed by atoms with Crippen molar-refractivity contribution < 1.29 is 24.5 Å². The quantitative estimate of drug-likeness (QED) is 0.334. The van der Waals surface area contributed by atoms with Crippen molar-refractivity contribution in [1.29, 1.82) is 0 Å². The second kappa shape index (κ2) is 9.43. The number of imidazole rings is 1. The van der Waals surface area contributed by atoms with Gasteiger partial charge in [0.2, 0.25) is 0 Å². The van der Waals surface area contributed by atoms with E-state index in [4.69, 9.17) is 9.84 Å². The van der Waals surface area contributed by atoms with Gasteiger partial charge in [-0.2, -0.15) is 0 Å². The van der Waals surface area contributed by atoms with Crippen molar-refractivity contribution in [2.24, 2.45) is 0 Å². The van der Waals surface area contributed by atoms with Crippen molar-refractivity contribution in [2.75, 3.05) is 6.61 Å². The molecule has 0 aliphatic carbocycles. The molecule has 1 aromatic heterocycles. The van der Waals surface area contributed by atoms with Crippen LogP contribution in [0.15, 0.2) is 30.3 Å². The summed E-state index contributed by atoms with van der Waals surface area (Å²) in [6.45, 7) is 3.93. The Hall–Kier alpha value is -3.35. The first-order valence-electron chi connectivity index (χ1n) is 10.1. The molecule has 0 saturated carbocycles. The van der Waals surface area contributed by atoms with Crippen molar-refractivity contribution in [3.63, 3.8) is 0 Å². The van der Waals surface area contributed by atoms with Gasteiger partial charge in [-0.3, -0.25) is 4.79 Å². The number of nitrogens with one attached hydrogen (secondary N) is 1. The molecule has 0 saturated heterocycles. The van der Waals surface area contributed by atoms with Crippen LogP contribution in [0.4, 0.5) is 0 Å². The van der Waals surface area contributed by atoms with Gasteiger partial charge in [-0.15, -0.1) is 0 Å². The maximum absolute atomic E-state index is 11.6. The molecule has 0 fully saturated rings. The van der Waals surface area contributed by atoms with Gasteiger partial charge >= 0.3 is 5.97 Å². The number of aryl methyl sites for hydroxylation is 1. The van der Waals surface area contributed by atoms with Gasteiger partial charge in [-0.05, 0) is 56.5 Å². The first kappa shape index (κ1) is 21.4. The summed E-state index contributed by atoms with van der Waals surface area (Å²) in [5.74, 6) is 0.310. The number of benzene rings is 2. The number of fused-ring (bicyclic) bond motifs is 1. The number of ketones is 1. The lowest BCUT2D eigenvalue weighted by atomic mass is 10.0. The van der Waals surface area contributed by atoms with Gasteiger partial charge in [-0.25, -0.2) is 9.78 Å². The van der Waals surface area contributed by atoms with E-state index in [1.807, 2.05) is 6.92 Å². The fraction of sp³-hybridized carbons (Fsp3) is 0.348. The highest BCUT2D eigenvalue weighted by Crippen LogP contribution is 2.33. The fourth-order valence-corrected chi connectivity index (χ4v) is 3.42. The average Bonchev–Trinajstić information content (AvgIpc) is 3.11. The molecule has 0 atom stereocenters. The van der Waals surface area contributed by atoms with Gasteiger partial charge in [0.25, 0.3) is 0 Å². The number of aromatic amines is 1. The number of hydrogen-bond acceptors (Lipinski definition) is 5. The van der Waals surface area contributed by atoms with Gasteiger partial charge in [0.05, 0.1) is 28.8 Å². The van der Waals surface area contributed by atoms with Gasteiger partial charge in [0, 0.05) is 12.0 Å². The number of ether oxygens (including phenoxy) is 1. The third-order valence-corrected chi connectivity index (χ3v) is 4.96. The Morgan fingerprint density at radius 3 is 2.63 bits per heavy atom. The number of aromatic hydroxyl groups is 1. The number of unbranched alkanes of at least 4 members (excludes halogenated alkanes) is 1. The number of hydrogen-bond donors (Lipinski definition) is 3. The van der Waals surface area contributed by atoms with Crippen molar-refractivity contribution in [1.82, 2.24) is 9.97 Å². The van der Waals surface area contributed by atoms with Crippen molar-refractivity contribution >= 4 is 22.8 Å². The molecule has 0 spiro atoms. The number of Topliss-reactive ketones (excluding diaryl/α,β-unsaturated/α-hetero) is 1. The number of carbonyl (C=O) groups excluding carboxylic acids is 1. The van der Waals surface area contributed by atoms with E-state index in [1.165, 1.54) is 6.92 Å². The predicted octanol–water partition coefficient (Wildman–Crippen LogP) is 4.52. The Balaban J connectivity index is 1.56. The summed E-state index contributed by atoms with van der Waals surface area (Å²) in [5.41, 5.74) is 2.69. The van der Waals surface area contributed by atoms with Gasteiger partial charge in [0.15, 0.2) is 5.78 Å². The molecular formula is C23H26N2O5. The van der Waals surface area contributed by atoms with E-state index in [0.717, 1.165) is 37.0 Å². The maximum Gasteiger partial charge on any atom is 0.335 e. The highest BCUT2D eigenvalue weighted by Gasteiger charge is 2.16. The van der Waals surface area contributed by atoms with Gasteiger partial charge in [0.1, 0.15) is 17.3 Å². The molecule has 1 heterocycles. The third-order valence-electron chi connectivity index (χ3n) is 4.96. The van der Waals surface area contributed by atoms with E-state index >= 15 is 0 Å². The molecule has 3 N–H and O–H groups in total. The lowest BCUT2D eigenvalue weighted by molar-refractivity contribution is 0.0696. The second-order valence-electron chi connectivity index (χ2n) is 7.27. The molecule has 0 bridgehead atoms. The minimum Gasteiger partial charge on any atom is -0.507 e. The molecule has 30 heavy (non-hydrogen) atoms. The lowest BCUT2D eigenvalue weighted by Crippen LogP contribution is -2.04. The van der Waals surface area contributed by atoms with Gasteiger partial charge in [-0.1, -0.05) is 13.3 Å². The lowest BCUT2D eigenvalue weighted by Gasteiger charge is -2.14. The van der Waals surface area contributed by atoms with Crippen molar-refractivity contribution in [3.8, 4) is 11.5 Å². The standard InChI is InChI=1S/C23H26N2O5/c1-3-6-17-20(11-9-16(14(2)26)22(17)27)30-12-5-4-7-21-24-18-10-8-15(23(28)29)13-19(18)25-21/h8-11,13,27H,3-7,12H2,1-2H3,(H,24,25)(H,28,29). The number of aromatic carboxylic acids is 1. The Labute approximate surface area is 174 Å². The van der Waals surface area contributed by atoms with Crippen LogP contribution in [0.1, 0.15) is 65.2 Å². The molecule has 158 valence electrons. The number of rotatable bonds is 10. The number of carboxylic acids is 1. The zero-order valence-corrected chi connectivity index (χ0v) is 17.2. The van der Waals surface area contributed by atoms with Crippen LogP contribution in [0.25, 0.3) is 11.0 Å². The molecule has 7 nitrogen and oxygen atoms in total. The monoisotopic (exact) mass is 410 g/mol. The van der Waals surface area contributed by atoms with Crippen LogP contribution < -0.4 is 4.74 Å². The Morgan fingerprint density at radius 2 is 1.93 bits per heavy atom. The third kappa shape index (κ3) is 4.79. The van der Waals surface area contributed by atoms with Crippen molar-refractivity contribution in [3.05, 3.63) is 52.8 Å². The minimum absolute atomic E-state index is 0.0184. The van der Waals surface area contributed by atoms with Crippen LogP contribution in [-0.2, 0) is 12.8 Å². The summed E-state index contributed by atoms with van der Waals surface area (Å²) in [7, 11) is 0. The molecular weight excluding hydrogens is 384 g/mol. The van der Waals surface area contributed by atoms with Gasteiger partial charge < -0.3 is 19.9 Å². The molecule has 2 aromatic carbocycles. The summed E-state index contributed by atoms with van der Waals surface area (Å²) >= 11 is 0. The number of phenolic OH excluding ortho intramolecular Hbond substituents is 1. The molecule has 0 aliphatic rings. The number of H-pyrrole nitrogens is 1. The number of phenols is 1. The Kier molecular flexibility index (Phi) is 6.72. The number of nitrogens with zero attached hydrogens (tertiary/aromatic N) is 1. The fourth-order valence-electron chi connectivity index (χ4n) is 3.42. The van der Waals surface area contributed by atoms with Crippen LogP contribution in [0.3, 0.4) is 0 Å². The highest BCUT2D eigenvalue weighted by atomic mass is 16.5. The first-order valence-corrected chi connectivity index (χ1v) is 10.1. The normalized spacial score (nSPS) is 11.0. The summed E-state index contributed by atoms with van der Waals surface area (Å²) in [4.78, 5) is 30.4. The summed E-state index contributed by atoms with van der Waals surface area (Å²) in [6.07, 6.45) is 3.82. The zero-order valence-electron chi connectivity index (χ0n) is 17.2. The summed E-state index contributed by atoms with van der Waals surface area (Å²) < 4.78 is 5.88. The zero-order chi connectivity index (χ0) is 21.7. The SMILES string of the molecule is CCCc1c(OCCCCc2nc3ccc(C(=O)O)cc3[nH]2)ccc(C(C)=O)c1O. The number of aromatic nitrogens is 2. The van der Waals surface area contributed by atoms with E-state index in [-0.39, 0.29) is 17.1 Å². The smallest absolute Gasteiger partial charge is 0.335 e. The molecule has 0 aliphatic heterocycles. The Morgan fingerprint density at radius 1 is 1.13 bits per heavy atom. The molecule has 0 unspecified atom stereocenters. The van der Waals surface area contributed by atoms with E-state index in [1.54, 1.807) is 30.3 Å². The largest absolute Gasteiger partial charge is 0.507 e. The summed E-state index contributed by atoms with van der Waals surface area (Å²) in [6, 6.07) is 8.19. The molecule has 3 aromatic rings. The Bertz CT molecular complexity index is 1070. The minimum atomic E-state index is -0.963. The van der Waals surface area contributed by atoms with Crippen LogP contribution in [0.2, 0.25) is 0 Å². The van der Waals surface area contributed by atoms with E-state index < -0.39 is 5.97 Å². The maximum atomic E-state index is 11.6. The van der Waals surface area contributed by atoms with E-state index in [0.29, 0.717) is 35.4 Å². The molecule has 0 radical (unpaired) electrons. The van der Waals surface area contributed by atoms with E-state index in [2.05, 4.69) is 9.97 Å². The van der Waals surface area contributed by atoms with Crippen LogP contribution in [-0.4, -0.2) is 38.5 Å². The second-order valence-corrected chi connectivity index (χ2v) is 7.27. The van der Waals surface area contributed by atoms with Crippen molar-refractivity contribution in [2.45, 2.75) is 46.0 Å². The highest BCUT2D eigenvalue weighted by molar-refractivity contribution is 5.97. The molecule has 7 heteroatoms. The molecule has 0 amide bonds. The first-order chi connectivity index (χ1) is 14.4. The predicted molar refractivity (Wildman–Crippen MR) is 114 cm³/mol. The average molecular weight is 410 g/mol. The topological polar surface area (TPSA) is 113 Å². The van der Waals surface area contributed by atoms with Crippen LogP contribution in [0, 0.1) is 0 Å². The van der Waals surface area contributed by atoms with Crippen LogP contribution >= 0.6 is 0 Å².